The molecule has 3 nitrogen and oxygen atoms in total. The van der Waals surface area contributed by atoms with Crippen molar-refractivity contribution in [2.24, 2.45) is 0 Å². The number of rotatable bonds is 2. The Bertz CT molecular complexity index is 479. The zero-order valence-corrected chi connectivity index (χ0v) is 10.5. The minimum absolute atomic E-state index is 0.0934. The molecule has 0 radical (unpaired) electrons. The Kier molecular flexibility index (Phi) is 3.48. The van der Waals surface area contributed by atoms with Crippen molar-refractivity contribution in [3.63, 3.8) is 0 Å². The summed E-state index contributed by atoms with van der Waals surface area (Å²) in [6, 6.07) is 2.10. The number of anilines is 1. The number of benzene rings is 1. The van der Waals surface area contributed by atoms with Crippen LogP contribution in [0.2, 0.25) is 0 Å². The number of hydrogen-bond acceptors (Lipinski definition) is 3. The van der Waals surface area contributed by atoms with Crippen molar-refractivity contribution in [1.29, 1.82) is 0 Å². The van der Waals surface area contributed by atoms with Gasteiger partial charge in [-0.05, 0) is 25.5 Å². The van der Waals surface area contributed by atoms with Crippen LogP contribution in [-0.4, -0.2) is 20.4 Å². The van der Waals surface area contributed by atoms with Crippen LogP contribution in [0.1, 0.15) is 5.56 Å². The Morgan fingerprint density at radius 2 is 1.82 bits per heavy atom. The molecule has 0 spiro atoms. The van der Waals surface area contributed by atoms with E-state index in [-0.39, 0.29) is 11.1 Å². The highest BCUT2D eigenvalue weighted by Gasteiger charge is 2.35. The smallest absolute Gasteiger partial charge is 0.418 e. The average Bonchev–Trinajstić information content (AvgIpc) is 2.14. The molecule has 0 amide bonds. The van der Waals surface area contributed by atoms with Gasteiger partial charge in [0.2, 0.25) is 0 Å². The second kappa shape index (κ2) is 4.26. The number of ether oxygens (including phenoxy) is 1. The van der Waals surface area contributed by atoms with Crippen LogP contribution in [0.15, 0.2) is 12.1 Å². The maximum atomic E-state index is 12.7. The van der Waals surface area contributed by atoms with Crippen LogP contribution in [-0.2, 0) is 10.7 Å². The number of nitrogens with two attached hydrogens (primary N) is 1. The van der Waals surface area contributed by atoms with Gasteiger partial charge in [0.25, 0.3) is 0 Å². The van der Waals surface area contributed by atoms with Crippen LogP contribution < -0.4 is 15.8 Å². The Balaban J connectivity index is 3.56. The lowest BCUT2D eigenvalue weighted by Crippen LogP contribution is -2.15. The summed E-state index contributed by atoms with van der Waals surface area (Å²) in [5, 5.41) is 0.0934. The van der Waals surface area contributed by atoms with Crippen molar-refractivity contribution < 1.29 is 22.5 Å². The largest absolute Gasteiger partial charge is 0.495 e. The normalized spacial score (nSPS) is 12.6. The van der Waals surface area contributed by atoms with E-state index >= 15 is 0 Å². The quantitative estimate of drug-likeness (QED) is 0.661. The van der Waals surface area contributed by atoms with Crippen molar-refractivity contribution in [2.75, 3.05) is 26.2 Å². The first kappa shape index (κ1) is 13.9. The maximum absolute atomic E-state index is 12.7. The predicted octanol–water partition coefficient (Wildman–Crippen LogP) is 2.54. The molecule has 0 aliphatic carbocycles. The molecule has 0 atom stereocenters. The first-order valence-electron chi connectivity index (χ1n) is 4.67. The van der Waals surface area contributed by atoms with Gasteiger partial charge in [0, 0.05) is 5.30 Å². The van der Waals surface area contributed by atoms with Gasteiger partial charge < -0.3 is 15.0 Å². The summed E-state index contributed by atoms with van der Waals surface area (Å²) in [6.45, 7) is 2.77. The highest BCUT2D eigenvalue weighted by molar-refractivity contribution is 7.70. The third-order valence-corrected chi connectivity index (χ3v) is 3.78. The number of halogens is 3. The van der Waals surface area contributed by atoms with Crippen molar-refractivity contribution in [3.05, 3.63) is 17.7 Å². The SMILES string of the molecule is COc1cc(P(C)(C)=O)cc(C(F)(F)F)c1N. The lowest BCUT2D eigenvalue weighted by atomic mass is 10.1. The first-order valence-corrected chi connectivity index (χ1v) is 7.27. The molecule has 0 aliphatic heterocycles. The number of methoxy groups -OCH3 is 1. The summed E-state index contributed by atoms with van der Waals surface area (Å²) < 4.78 is 54.7. The van der Waals surface area contributed by atoms with Crippen LogP contribution in [0.25, 0.3) is 0 Å². The van der Waals surface area contributed by atoms with Gasteiger partial charge in [-0.2, -0.15) is 13.2 Å². The van der Waals surface area contributed by atoms with E-state index in [0.717, 1.165) is 6.07 Å². The molecule has 1 rings (SSSR count). The van der Waals surface area contributed by atoms with Gasteiger partial charge in [-0.25, -0.2) is 0 Å². The predicted molar refractivity (Wildman–Crippen MR) is 61.5 cm³/mol. The molecule has 0 fully saturated rings. The summed E-state index contributed by atoms with van der Waals surface area (Å²) in [6.07, 6.45) is -4.59. The highest BCUT2D eigenvalue weighted by Crippen LogP contribution is 2.42. The molecule has 7 heteroatoms. The van der Waals surface area contributed by atoms with Crippen molar-refractivity contribution in [2.45, 2.75) is 6.18 Å². The molecule has 0 saturated carbocycles. The van der Waals surface area contributed by atoms with Crippen LogP contribution >= 0.6 is 7.14 Å². The molecular formula is C10H13F3NO2P. The Labute approximate surface area is 97.1 Å². The van der Waals surface area contributed by atoms with E-state index in [1.54, 1.807) is 0 Å². The molecule has 1 aromatic rings. The highest BCUT2D eigenvalue weighted by atomic mass is 31.2. The molecule has 0 unspecified atom stereocenters. The van der Waals surface area contributed by atoms with Crippen molar-refractivity contribution in [1.82, 2.24) is 0 Å². The van der Waals surface area contributed by atoms with E-state index in [1.165, 1.54) is 26.5 Å². The fraction of sp³-hybridized carbons (Fsp3) is 0.400. The molecule has 17 heavy (non-hydrogen) atoms. The third-order valence-electron chi connectivity index (χ3n) is 2.27. The van der Waals surface area contributed by atoms with Gasteiger partial charge in [0.15, 0.2) is 0 Å². The maximum Gasteiger partial charge on any atom is 0.418 e. The Hall–Kier alpha value is -1.16. The monoisotopic (exact) mass is 267 g/mol. The van der Waals surface area contributed by atoms with Crippen LogP contribution in [0.3, 0.4) is 0 Å². The Morgan fingerprint density at radius 1 is 1.29 bits per heavy atom. The minimum atomic E-state index is -4.59. The molecule has 0 heterocycles. The van der Waals surface area contributed by atoms with Gasteiger partial charge in [0.05, 0.1) is 18.4 Å². The molecule has 0 saturated heterocycles. The number of nitrogen functional groups attached to an aromatic ring is 1. The topological polar surface area (TPSA) is 52.3 Å². The molecule has 0 bridgehead atoms. The van der Waals surface area contributed by atoms with Gasteiger partial charge in [-0.15, -0.1) is 0 Å². The fourth-order valence-electron chi connectivity index (χ4n) is 1.33. The Morgan fingerprint density at radius 3 is 2.18 bits per heavy atom. The van der Waals surface area contributed by atoms with Crippen molar-refractivity contribution in [3.8, 4) is 5.75 Å². The van der Waals surface area contributed by atoms with E-state index in [2.05, 4.69) is 0 Å². The second-order valence-electron chi connectivity index (χ2n) is 3.96. The van der Waals surface area contributed by atoms with E-state index < -0.39 is 24.6 Å². The number of alkyl halides is 3. The number of hydrogen-bond donors (Lipinski definition) is 1. The lowest BCUT2D eigenvalue weighted by molar-refractivity contribution is -0.136. The molecule has 0 aromatic heterocycles. The molecule has 2 N–H and O–H groups in total. The zero-order chi connectivity index (χ0) is 13.4. The summed E-state index contributed by atoms with van der Waals surface area (Å²) >= 11 is 0. The molecular weight excluding hydrogens is 254 g/mol. The molecule has 0 aliphatic rings. The standard InChI is InChI=1S/C10H13F3NO2P/c1-16-8-5-6(17(2,3)15)4-7(9(8)14)10(11,12)13/h4-5H,14H2,1-3H3. The van der Waals surface area contributed by atoms with Gasteiger partial charge in [-0.1, -0.05) is 0 Å². The fourth-order valence-corrected chi connectivity index (χ4v) is 2.19. The van der Waals surface area contributed by atoms with E-state index in [1.807, 2.05) is 0 Å². The second-order valence-corrected chi connectivity index (χ2v) is 7.18. The van der Waals surface area contributed by atoms with Crippen molar-refractivity contribution >= 4 is 18.1 Å². The zero-order valence-electron chi connectivity index (χ0n) is 9.63. The summed E-state index contributed by atoms with van der Waals surface area (Å²) in [5.74, 6) is -0.112. The first-order chi connectivity index (χ1) is 7.57. The third kappa shape index (κ3) is 2.94. The van der Waals surface area contributed by atoms with Gasteiger partial charge in [0.1, 0.15) is 12.9 Å². The van der Waals surface area contributed by atoms with Gasteiger partial charge >= 0.3 is 6.18 Å². The lowest BCUT2D eigenvalue weighted by Gasteiger charge is -2.17. The van der Waals surface area contributed by atoms with Crippen LogP contribution in [0.5, 0.6) is 5.75 Å². The summed E-state index contributed by atoms with van der Waals surface area (Å²) in [5.41, 5.74) is 3.85. The van der Waals surface area contributed by atoms with Crippen LogP contribution in [0, 0.1) is 0 Å². The minimum Gasteiger partial charge on any atom is -0.495 e. The molecule has 1 aromatic carbocycles. The van der Waals surface area contributed by atoms with E-state index in [9.17, 15) is 17.7 Å². The van der Waals surface area contributed by atoms with E-state index in [0.29, 0.717) is 0 Å². The van der Waals surface area contributed by atoms with Gasteiger partial charge in [-0.3, -0.25) is 0 Å². The van der Waals surface area contributed by atoms with Crippen LogP contribution in [0.4, 0.5) is 18.9 Å². The summed E-state index contributed by atoms with van der Waals surface area (Å²) in [4.78, 5) is 0. The average molecular weight is 267 g/mol. The summed E-state index contributed by atoms with van der Waals surface area (Å²) in [7, 11) is -1.60. The van der Waals surface area contributed by atoms with E-state index in [4.69, 9.17) is 10.5 Å². The molecule has 96 valence electrons.